The number of hydrogen-bond donors (Lipinski definition) is 11. The van der Waals surface area contributed by atoms with Crippen molar-refractivity contribution >= 4 is 106 Å². The number of nitrogens with one attached hydrogen (secondary N) is 9. The van der Waals surface area contributed by atoms with Gasteiger partial charge < -0.3 is 58.9 Å². The number of nitrogens with zero attached hydrogens (tertiary/aromatic N) is 1. The third kappa shape index (κ3) is 18.3. The van der Waals surface area contributed by atoms with Crippen LogP contribution in [0.15, 0.2) is 41.8 Å². The van der Waals surface area contributed by atoms with Gasteiger partial charge in [-0.3, -0.25) is 48.6 Å². The maximum Gasteiger partial charge on any atom is 0.247 e. The molecule has 4 rings (SSSR count). The van der Waals surface area contributed by atoms with Crippen LogP contribution >= 0.6 is 46.5 Å². The fourth-order valence-corrected chi connectivity index (χ4v) is 10.3. The van der Waals surface area contributed by atoms with Crippen molar-refractivity contribution in [2.45, 2.75) is 108 Å². The van der Waals surface area contributed by atoms with Crippen molar-refractivity contribution in [2.24, 2.45) is 17.4 Å². The molecule has 1 aromatic carbocycles. The van der Waals surface area contributed by atoms with Crippen molar-refractivity contribution in [3.8, 4) is 0 Å². The highest BCUT2D eigenvalue weighted by Gasteiger charge is 2.41. The largest absolute Gasteiger partial charge is 0.370 e. The third-order valence-corrected chi connectivity index (χ3v) is 14.2. The van der Waals surface area contributed by atoms with E-state index in [2.05, 4.69) is 42.5 Å². The van der Waals surface area contributed by atoms with Crippen molar-refractivity contribution in [3.05, 3.63) is 57.2 Å². The fraction of sp³-hybridized carbons (Fsp3) is 0.545. The summed E-state index contributed by atoms with van der Waals surface area (Å²) in [7, 11) is 0. The second-order valence-electron chi connectivity index (χ2n) is 16.8. The average molecular weight is 1040 g/mol. The number of carbonyl (C=O) groups is 9. The van der Waals surface area contributed by atoms with E-state index in [9.17, 15) is 43.2 Å². The lowest BCUT2D eigenvalue weighted by atomic mass is 10.0. The maximum atomic E-state index is 14.5. The molecular weight excluding hydrogens is 972 g/mol. The molecule has 0 bridgehead atoms. The molecule has 2 aliphatic heterocycles. The summed E-state index contributed by atoms with van der Waals surface area (Å²) in [5, 5.41) is 31.3. The van der Waals surface area contributed by atoms with Crippen LogP contribution in [0, 0.1) is 11.3 Å². The van der Waals surface area contributed by atoms with Crippen LogP contribution in [0.25, 0.3) is 0 Å². The van der Waals surface area contributed by atoms with E-state index in [0.29, 0.717) is 29.3 Å². The second-order valence-corrected chi connectivity index (χ2v) is 20.4. The number of amides is 9. The molecule has 21 nitrogen and oxygen atoms in total. The zero-order valence-corrected chi connectivity index (χ0v) is 41.9. The number of likely N-dealkylation sites (N-methyl/N-ethyl adjacent to an activating group) is 1. The molecular formula is C44H63ClN12O9S3. The van der Waals surface area contributed by atoms with Gasteiger partial charge in [-0.15, -0.1) is 23.1 Å². The number of halogens is 1. The monoisotopic (exact) mass is 1030 g/mol. The number of nitrogens with two attached hydrogens (primary N) is 2. The standard InChI is InChI=1S/C44H63ClN12O9S3/c1-4-49-37(60)28(9-5-15-50-44(47)48)52-41(64)33-22-68-23-57(33)43(66)32-21-67-16-7-10-35(59)51-29(18-25-11-13-26(45)14-12-25)38(61)53-30(19-27-8-6-17-69-27)40(63)56-36(24(2)3)42(65)54-31(20-34(46)58)39(62)55-32/h6,8,11-14,17,24,28-33,36H,4-5,7,9-10,15-16,18-23H2,1-3H3,(H2,46,58)(H,49,60)(H,51,59)(H,52,64)(H,53,61)(H,54,65)(H,55,62)(H,56,63)(H4,47,48,50)/t28-,29+,30+,31+,32+,33+,36+/m1/s1. The van der Waals surface area contributed by atoms with Gasteiger partial charge in [-0.2, -0.15) is 11.8 Å². The summed E-state index contributed by atoms with van der Waals surface area (Å²) in [4.78, 5) is 126. The van der Waals surface area contributed by atoms with Crippen LogP contribution in [-0.2, 0) is 56.0 Å². The van der Waals surface area contributed by atoms with Crippen molar-refractivity contribution in [1.82, 2.24) is 47.4 Å². The first-order valence-electron chi connectivity index (χ1n) is 22.5. The fourth-order valence-electron chi connectivity index (χ4n) is 7.33. The Bertz CT molecular complexity index is 2140. The Morgan fingerprint density at radius 3 is 2.19 bits per heavy atom. The predicted molar refractivity (Wildman–Crippen MR) is 266 cm³/mol. The first-order chi connectivity index (χ1) is 32.9. The van der Waals surface area contributed by atoms with Gasteiger partial charge in [0.15, 0.2) is 5.96 Å². The molecule has 13 N–H and O–H groups in total. The molecule has 0 unspecified atom stereocenters. The lowest BCUT2D eigenvalue weighted by molar-refractivity contribution is -0.142. The number of primary amides is 1. The van der Waals surface area contributed by atoms with Crippen LogP contribution in [0.4, 0.5) is 0 Å². The molecule has 1 aromatic heterocycles. The molecule has 0 aliphatic carbocycles. The van der Waals surface area contributed by atoms with Crippen LogP contribution in [0.1, 0.15) is 63.3 Å². The highest BCUT2D eigenvalue weighted by Crippen LogP contribution is 2.24. The topological polar surface area (TPSA) is 329 Å². The van der Waals surface area contributed by atoms with Crippen molar-refractivity contribution < 1.29 is 43.2 Å². The smallest absolute Gasteiger partial charge is 0.247 e. The number of thioether (sulfide) groups is 2. The number of thiophene rings is 1. The quantitative estimate of drug-likeness (QED) is 0.0573. The summed E-state index contributed by atoms with van der Waals surface area (Å²) in [5.41, 5.74) is 11.6. The van der Waals surface area contributed by atoms with Gasteiger partial charge in [0.1, 0.15) is 42.3 Å². The molecule has 0 radical (unpaired) electrons. The molecule has 2 fully saturated rings. The van der Waals surface area contributed by atoms with Crippen molar-refractivity contribution in [3.63, 3.8) is 0 Å². The van der Waals surface area contributed by atoms with Gasteiger partial charge in [-0.1, -0.05) is 43.6 Å². The highest BCUT2D eigenvalue weighted by atomic mass is 35.5. The number of benzene rings is 1. The van der Waals surface area contributed by atoms with E-state index in [1.165, 1.54) is 39.8 Å². The number of rotatable bonds is 16. The first-order valence-corrected chi connectivity index (χ1v) is 26.1. The highest BCUT2D eigenvalue weighted by molar-refractivity contribution is 7.99. The van der Waals surface area contributed by atoms with E-state index >= 15 is 0 Å². The summed E-state index contributed by atoms with van der Waals surface area (Å²) >= 11 is 9.98. The molecule has 0 spiro atoms. The van der Waals surface area contributed by atoms with E-state index in [1.54, 1.807) is 62.5 Å². The molecule has 25 heteroatoms. The number of guanidine groups is 1. The van der Waals surface area contributed by atoms with E-state index in [1.807, 2.05) is 0 Å². The minimum Gasteiger partial charge on any atom is -0.370 e. The summed E-state index contributed by atoms with van der Waals surface area (Å²) in [6, 6.07) is 1.68. The maximum absolute atomic E-state index is 14.5. The lowest BCUT2D eigenvalue weighted by Gasteiger charge is -2.30. The SMILES string of the molecule is CCNC(=O)[C@@H](CCCNC(=N)N)NC(=O)[C@@H]1CSCN1C(=O)[C@@H]1CSCCCC(=O)N[C@@H](Cc2ccc(Cl)cc2)C(=O)N[C@@H](Cc2cccs2)C(=O)N[C@@H](C(C)C)C(=O)N[C@@H](CC(N)=O)C(=O)N1. The zero-order valence-electron chi connectivity index (χ0n) is 38.7. The Hall–Kier alpha value is -5.59. The summed E-state index contributed by atoms with van der Waals surface area (Å²) in [6.07, 6.45) is 0.215. The molecule has 69 heavy (non-hydrogen) atoms. The van der Waals surface area contributed by atoms with Gasteiger partial charge in [-0.25, -0.2) is 0 Å². The molecule has 3 heterocycles. The predicted octanol–water partition coefficient (Wildman–Crippen LogP) is -0.545. The minimum absolute atomic E-state index is 0.0349. The first kappa shape index (κ1) is 56.0. The Morgan fingerprint density at radius 2 is 1.54 bits per heavy atom. The van der Waals surface area contributed by atoms with Gasteiger partial charge in [0.05, 0.1) is 12.3 Å². The Labute approximate surface area is 418 Å². The zero-order chi connectivity index (χ0) is 50.6. The van der Waals surface area contributed by atoms with Crippen molar-refractivity contribution in [1.29, 1.82) is 5.41 Å². The Balaban J connectivity index is 1.64. The van der Waals surface area contributed by atoms with Crippen LogP contribution < -0.4 is 54.0 Å². The van der Waals surface area contributed by atoms with Gasteiger partial charge in [-0.05, 0) is 67.0 Å². The second kappa shape index (κ2) is 28.2. The molecule has 2 aliphatic rings. The summed E-state index contributed by atoms with van der Waals surface area (Å²) in [6.45, 7) is 5.59. The molecule has 2 saturated heterocycles. The minimum atomic E-state index is -1.61. The molecule has 2 aromatic rings. The Morgan fingerprint density at radius 1 is 0.855 bits per heavy atom. The molecule has 7 atom stereocenters. The van der Waals surface area contributed by atoms with E-state index in [4.69, 9.17) is 28.5 Å². The van der Waals surface area contributed by atoms with E-state index in [0.717, 1.165) is 4.88 Å². The van der Waals surface area contributed by atoms with E-state index < -0.39 is 108 Å². The van der Waals surface area contributed by atoms with Gasteiger partial charge in [0.25, 0.3) is 0 Å². The lowest BCUT2D eigenvalue weighted by Crippen LogP contribution is -2.61. The van der Waals surface area contributed by atoms with Crippen LogP contribution in [0.5, 0.6) is 0 Å². The summed E-state index contributed by atoms with van der Waals surface area (Å²) < 4.78 is 0. The summed E-state index contributed by atoms with van der Waals surface area (Å²) in [5.74, 6) is -6.70. The number of hydrogen-bond acceptors (Lipinski definition) is 13. The van der Waals surface area contributed by atoms with Gasteiger partial charge >= 0.3 is 0 Å². The molecule has 0 saturated carbocycles. The third-order valence-electron chi connectivity index (χ3n) is 10.9. The number of carbonyl (C=O) groups excluding carboxylic acids is 9. The average Bonchev–Trinajstić information content (AvgIpc) is 4.01. The van der Waals surface area contributed by atoms with Crippen LogP contribution in [0.3, 0.4) is 0 Å². The van der Waals surface area contributed by atoms with Crippen LogP contribution in [-0.4, -0.2) is 143 Å². The van der Waals surface area contributed by atoms with Gasteiger partial charge in [0, 0.05) is 53.8 Å². The Kier molecular flexibility index (Phi) is 22.9. The van der Waals surface area contributed by atoms with E-state index in [-0.39, 0.29) is 62.0 Å². The van der Waals surface area contributed by atoms with Crippen LogP contribution in [0.2, 0.25) is 5.02 Å². The van der Waals surface area contributed by atoms with Gasteiger partial charge in [0.2, 0.25) is 53.2 Å². The molecule has 9 amide bonds. The molecule has 378 valence electrons. The normalized spacial score (nSPS) is 22.7. The van der Waals surface area contributed by atoms with Crippen molar-refractivity contribution in [2.75, 3.05) is 36.2 Å².